The van der Waals surface area contributed by atoms with E-state index in [0.717, 1.165) is 48.2 Å². The van der Waals surface area contributed by atoms with Crippen LogP contribution >= 0.6 is 0 Å². The molecule has 252 valence electrons. The molecular weight excluding hydrogens is 597 g/mol. The van der Waals surface area contributed by atoms with E-state index in [0.29, 0.717) is 23.2 Å². The molecule has 5 rings (SSSR count). The number of esters is 1. The molecule has 2 aliphatic carbocycles. The number of aryl methyl sites for hydroxylation is 1. The highest BCUT2D eigenvalue weighted by Crippen LogP contribution is 2.51. The molecule has 0 radical (unpaired) electrons. The first kappa shape index (κ1) is 34.4. The van der Waals surface area contributed by atoms with Gasteiger partial charge in [-0.05, 0) is 108 Å². The molecule has 47 heavy (non-hydrogen) atoms. The van der Waals surface area contributed by atoms with E-state index in [9.17, 15) is 19.4 Å². The largest absolute Gasteiger partial charge is 0.441 e. The molecule has 2 saturated carbocycles. The van der Waals surface area contributed by atoms with Gasteiger partial charge in [0.2, 0.25) is 5.91 Å². The Morgan fingerprint density at radius 3 is 2.19 bits per heavy atom. The van der Waals surface area contributed by atoms with Crippen LogP contribution in [0.1, 0.15) is 81.3 Å². The first-order valence-electron chi connectivity index (χ1n) is 16.8. The molecule has 0 aliphatic heterocycles. The fourth-order valence-electron chi connectivity index (χ4n) is 6.54. The zero-order valence-electron chi connectivity index (χ0n) is 28.5. The minimum absolute atomic E-state index is 0.0175. The molecular formula is C34H48BN7O5. The van der Waals surface area contributed by atoms with Gasteiger partial charge in [-0.2, -0.15) is 10.2 Å². The molecule has 0 spiro atoms. The SMILES string of the molecule is CB(O)N[C@H](C(=O)OCn1nc(C)c(-c2ccc(NC(=O)[C@@H](NC(=O)c3ccnn3C(C)C)C(C3CC3)C3CC3)cc2)c1C)C(C)C. The molecule has 2 fully saturated rings. The number of ether oxygens (including phenoxy) is 1. The second kappa shape index (κ2) is 14.4. The topological polar surface area (TPSA) is 152 Å². The Morgan fingerprint density at radius 1 is 1.00 bits per heavy atom. The van der Waals surface area contributed by atoms with Crippen LogP contribution in [0.15, 0.2) is 36.5 Å². The minimum Gasteiger partial charge on any atom is -0.441 e. The van der Waals surface area contributed by atoms with Gasteiger partial charge in [-0.3, -0.25) is 19.1 Å². The quantitative estimate of drug-likeness (QED) is 0.141. The van der Waals surface area contributed by atoms with Crippen LogP contribution in [0.25, 0.3) is 11.1 Å². The van der Waals surface area contributed by atoms with Crippen LogP contribution in [0.3, 0.4) is 0 Å². The van der Waals surface area contributed by atoms with Gasteiger partial charge < -0.3 is 25.6 Å². The molecule has 1 aromatic carbocycles. The fourth-order valence-corrected chi connectivity index (χ4v) is 6.54. The smallest absolute Gasteiger partial charge is 0.374 e. The third-order valence-electron chi connectivity index (χ3n) is 9.17. The normalized spacial score (nSPS) is 16.0. The molecule has 2 heterocycles. The lowest BCUT2D eigenvalue weighted by Crippen LogP contribution is -2.50. The van der Waals surface area contributed by atoms with Gasteiger partial charge in [-0.1, -0.05) is 26.0 Å². The molecule has 0 unspecified atom stereocenters. The summed E-state index contributed by atoms with van der Waals surface area (Å²) in [5.74, 6) is -0.0189. The van der Waals surface area contributed by atoms with Crippen molar-refractivity contribution in [2.45, 2.75) is 98.9 Å². The van der Waals surface area contributed by atoms with Crippen molar-refractivity contribution < 1.29 is 24.1 Å². The third-order valence-corrected chi connectivity index (χ3v) is 9.17. The monoisotopic (exact) mass is 645 g/mol. The summed E-state index contributed by atoms with van der Waals surface area (Å²) in [6.07, 6.45) is 5.96. The second-order valence-electron chi connectivity index (χ2n) is 13.7. The summed E-state index contributed by atoms with van der Waals surface area (Å²) in [6, 6.07) is 7.99. The molecule has 13 heteroatoms. The van der Waals surface area contributed by atoms with Gasteiger partial charge in [0.15, 0.2) is 6.73 Å². The molecule has 2 aromatic heterocycles. The van der Waals surface area contributed by atoms with Crippen LogP contribution in [-0.2, 0) is 21.1 Å². The first-order valence-corrected chi connectivity index (χ1v) is 16.8. The number of benzene rings is 1. The van der Waals surface area contributed by atoms with Gasteiger partial charge in [-0.25, -0.2) is 4.68 Å². The van der Waals surface area contributed by atoms with Crippen LogP contribution < -0.4 is 15.9 Å². The van der Waals surface area contributed by atoms with Crippen LogP contribution in [0, 0.1) is 37.5 Å². The maximum Gasteiger partial charge on any atom is 0.374 e. The molecule has 0 saturated heterocycles. The maximum absolute atomic E-state index is 13.9. The average molecular weight is 646 g/mol. The Hall–Kier alpha value is -3.97. The number of hydrogen-bond acceptors (Lipinski definition) is 8. The Morgan fingerprint density at radius 2 is 1.64 bits per heavy atom. The summed E-state index contributed by atoms with van der Waals surface area (Å²) in [5.41, 5.74) is 4.51. The van der Waals surface area contributed by atoms with Gasteiger partial charge in [0.1, 0.15) is 17.8 Å². The minimum atomic E-state index is -0.842. The number of rotatable bonds is 15. The maximum atomic E-state index is 13.9. The van der Waals surface area contributed by atoms with Gasteiger partial charge in [0, 0.05) is 29.2 Å². The lowest BCUT2D eigenvalue weighted by atomic mass is 9.85. The van der Waals surface area contributed by atoms with E-state index in [1.807, 2.05) is 65.8 Å². The van der Waals surface area contributed by atoms with E-state index < -0.39 is 25.1 Å². The van der Waals surface area contributed by atoms with Crippen molar-refractivity contribution >= 4 is 30.5 Å². The summed E-state index contributed by atoms with van der Waals surface area (Å²) >= 11 is 0. The predicted octanol–water partition coefficient (Wildman–Crippen LogP) is 4.34. The Bertz CT molecular complexity index is 1560. The van der Waals surface area contributed by atoms with Crippen LogP contribution in [0.5, 0.6) is 0 Å². The van der Waals surface area contributed by atoms with E-state index >= 15 is 0 Å². The van der Waals surface area contributed by atoms with E-state index in [2.05, 4.69) is 26.1 Å². The third kappa shape index (κ3) is 8.13. The van der Waals surface area contributed by atoms with E-state index in [4.69, 9.17) is 4.74 Å². The second-order valence-corrected chi connectivity index (χ2v) is 13.7. The lowest BCUT2D eigenvalue weighted by molar-refractivity contribution is -0.151. The van der Waals surface area contributed by atoms with Crippen molar-refractivity contribution in [1.82, 2.24) is 30.1 Å². The van der Waals surface area contributed by atoms with E-state index in [1.165, 1.54) is 0 Å². The summed E-state index contributed by atoms with van der Waals surface area (Å²) in [7, 11) is -0.842. The number of carbonyl (C=O) groups is 3. The number of hydrogen-bond donors (Lipinski definition) is 4. The van der Waals surface area contributed by atoms with Crippen LogP contribution in [-0.4, -0.2) is 61.5 Å². The van der Waals surface area contributed by atoms with E-state index in [1.54, 1.807) is 28.4 Å². The number of nitrogens with zero attached hydrogens (tertiary/aromatic N) is 4. The first-order chi connectivity index (χ1) is 22.3. The molecule has 2 amide bonds. The van der Waals surface area contributed by atoms with Crippen molar-refractivity contribution in [3.8, 4) is 11.1 Å². The van der Waals surface area contributed by atoms with Gasteiger partial charge in [0.25, 0.3) is 5.91 Å². The van der Waals surface area contributed by atoms with Crippen LogP contribution in [0.2, 0.25) is 6.82 Å². The fraction of sp³-hybridized carbons (Fsp3) is 0.559. The number of carbonyl (C=O) groups excluding carboxylic acids is 3. The van der Waals surface area contributed by atoms with Crippen molar-refractivity contribution in [1.29, 1.82) is 0 Å². The molecule has 4 N–H and O–H groups in total. The van der Waals surface area contributed by atoms with Crippen LogP contribution in [0.4, 0.5) is 5.69 Å². The highest BCUT2D eigenvalue weighted by atomic mass is 16.5. The van der Waals surface area contributed by atoms with Crippen molar-refractivity contribution in [2.24, 2.45) is 23.7 Å². The molecule has 12 nitrogen and oxygen atoms in total. The molecule has 0 bridgehead atoms. The summed E-state index contributed by atoms with van der Waals surface area (Å²) in [4.78, 5) is 40.0. The molecule has 2 aliphatic rings. The number of amides is 2. The van der Waals surface area contributed by atoms with Crippen molar-refractivity contribution in [2.75, 3.05) is 5.32 Å². The Kier molecular flexibility index (Phi) is 10.6. The highest BCUT2D eigenvalue weighted by molar-refractivity contribution is 6.46. The number of aromatic nitrogens is 4. The van der Waals surface area contributed by atoms with Crippen molar-refractivity contribution in [3.05, 3.63) is 53.6 Å². The highest BCUT2D eigenvalue weighted by Gasteiger charge is 2.48. The summed E-state index contributed by atoms with van der Waals surface area (Å²) in [6.45, 7) is 13.0. The zero-order chi connectivity index (χ0) is 34.0. The standard InChI is InChI=1S/C34H48BN7O5/c1-19(2)30(39-35(7)46)34(45)47-18-41-22(6)28(21(5)40-41)23-12-14-26(15-13-23)37-33(44)31(29(24-8-9-24)25-10-11-25)38-32(43)27-16-17-36-42(27)20(3)4/h12-17,19-20,24-25,29-31,39,46H,8-11,18H2,1-7H3,(H,37,44)(H,38,43)/t30-,31-/m0/s1. The Labute approximate surface area is 277 Å². The molecule has 3 aromatic rings. The number of nitrogens with one attached hydrogen (secondary N) is 3. The van der Waals surface area contributed by atoms with Crippen molar-refractivity contribution in [3.63, 3.8) is 0 Å². The Balaban J connectivity index is 1.28. The van der Waals surface area contributed by atoms with E-state index in [-0.39, 0.29) is 36.4 Å². The average Bonchev–Trinajstić information content (AvgIpc) is 3.95. The van der Waals surface area contributed by atoms with Gasteiger partial charge in [-0.15, -0.1) is 0 Å². The zero-order valence-corrected chi connectivity index (χ0v) is 28.5. The summed E-state index contributed by atoms with van der Waals surface area (Å²) in [5, 5.41) is 27.6. The predicted molar refractivity (Wildman–Crippen MR) is 180 cm³/mol. The molecule has 2 atom stereocenters. The summed E-state index contributed by atoms with van der Waals surface area (Å²) < 4.78 is 8.88. The van der Waals surface area contributed by atoms with Gasteiger partial charge >= 0.3 is 13.0 Å². The number of anilines is 1. The van der Waals surface area contributed by atoms with Gasteiger partial charge in [0.05, 0.1) is 5.69 Å². The lowest BCUT2D eigenvalue weighted by Gasteiger charge is -2.28.